The highest BCUT2D eigenvalue weighted by atomic mass is 35.5. The first kappa shape index (κ1) is 17.5. The Morgan fingerprint density at radius 3 is 2.48 bits per heavy atom. The number of carboxylic acids is 1. The van der Waals surface area contributed by atoms with Crippen molar-refractivity contribution in [3.05, 3.63) is 28.3 Å². The van der Waals surface area contributed by atoms with Crippen molar-refractivity contribution in [3.63, 3.8) is 0 Å². The second-order valence-corrected chi connectivity index (χ2v) is 5.50. The number of nitrogens with zero attached hydrogens (tertiary/aromatic N) is 1. The zero-order chi connectivity index (χ0) is 16.0. The number of carbonyl (C=O) groups is 2. The summed E-state index contributed by atoms with van der Waals surface area (Å²) in [6.07, 6.45) is 0.783. The molecule has 1 aromatic rings. The molecule has 0 aliphatic heterocycles. The van der Waals surface area contributed by atoms with Crippen molar-refractivity contribution in [2.45, 2.75) is 27.2 Å². The summed E-state index contributed by atoms with van der Waals surface area (Å²) in [5.41, 5.74) is 2.49. The molecule has 0 radical (unpaired) electrons. The summed E-state index contributed by atoms with van der Waals surface area (Å²) in [6, 6.07) is 3.72. The van der Waals surface area contributed by atoms with E-state index in [4.69, 9.17) is 16.7 Å². The number of aliphatic carboxylic acids is 1. The van der Waals surface area contributed by atoms with Crippen LogP contribution in [0.15, 0.2) is 12.1 Å². The predicted molar refractivity (Wildman–Crippen MR) is 83.9 cm³/mol. The first-order valence-corrected chi connectivity index (χ1v) is 7.22. The van der Waals surface area contributed by atoms with Crippen molar-refractivity contribution in [3.8, 4) is 0 Å². The van der Waals surface area contributed by atoms with Gasteiger partial charge in [-0.3, -0.25) is 14.5 Å². The number of carboxylic acid groups (broad SMARTS) is 1. The minimum Gasteiger partial charge on any atom is -0.480 e. The van der Waals surface area contributed by atoms with Crippen LogP contribution in [-0.2, 0) is 9.59 Å². The summed E-state index contributed by atoms with van der Waals surface area (Å²) in [7, 11) is 0. The third-order valence-corrected chi connectivity index (χ3v) is 3.26. The van der Waals surface area contributed by atoms with Gasteiger partial charge in [-0.25, -0.2) is 0 Å². The van der Waals surface area contributed by atoms with Crippen LogP contribution in [0.3, 0.4) is 0 Å². The Hall–Kier alpha value is -1.59. The van der Waals surface area contributed by atoms with Crippen LogP contribution < -0.4 is 5.32 Å². The molecule has 0 saturated carbocycles. The topological polar surface area (TPSA) is 69.6 Å². The van der Waals surface area contributed by atoms with Crippen LogP contribution in [0.4, 0.5) is 5.69 Å². The van der Waals surface area contributed by atoms with Crippen LogP contribution in [0.1, 0.15) is 24.5 Å². The van der Waals surface area contributed by atoms with E-state index in [1.54, 1.807) is 11.0 Å². The molecule has 5 nitrogen and oxygen atoms in total. The average molecular weight is 313 g/mol. The lowest BCUT2D eigenvalue weighted by atomic mass is 10.1. The Bertz CT molecular complexity index is 509. The molecule has 6 heteroatoms. The molecule has 0 aliphatic rings. The number of rotatable bonds is 7. The third-order valence-electron chi connectivity index (χ3n) is 2.96. The molecule has 1 aromatic carbocycles. The van der Waals surface area contributed by atoms with E-state index >= 15 is 0 Å². The monoisotopic (exact) mass is 312 g/mol. The van der Waals surface area contributed by atoms with E-state index in [1.165, 1.54) is 0 Å². The van der Waals surface area contributed by atoms with E-state index < -0.39 is 5.97 Å². The maximum absolute atomic E-state index is 12.1. The zero-order valence-corrected chi connectivity index (χ0v) is 13.3. The standard InChI is InChI=1S/C15H21ClN2O3/c1-4-5-18(9-14(20)21)8-13(19)17-15-11(3)6-10(2)7-12(15)16/h6-7H,4-5,8-9H2,1-3H3,(H,17,19)(H,20,21). The maximum atomic E-state index is 12.1. The van der Waals surface area contributed by atoms with Gasteiger partial charge in [-0.05, 0) is 44.0 Å². The van der Waals surface area contributed by atoms with E-state index in [1.807, 2.05) is 26.8 Å². The molecular weight excluding hydrogens is 292 g/mol. The molecule has 0 atom stereocenters. The lowest BCUT2D eigenvalue weighted by Gasteiger charge is -2.19. The molecule has 0 heterocycles. The molecule has 0 fully saturated rings. The van der Waals surface area contributed by atoms with Gasteiger partial charge in [0.15, 0.2) is 0 Å². The molecule has 21 heavy (non-hydrogen) atoms. The van der Waals surface area contributed by atoms with Crippen LogP contribution in [0.2, 0.25) is 5.02 Å². The number of hydrogen-bond donors (Lipinski definition) is 2. The number of hydrogen-bond acceptors (Lipinski definition) is 3. The summed E-state index contributed by atoms with van der Waals surface area (Å²) in [6.45, 7) is 6.18. The Morgan fingerprint density at radius 2 is 1.95 bits per heavy atom. The molecule has 1 rings (SSSR count). The first-order valence-electron chi connectivity index (χ1n) is 6.84. The lowest BCUT2D eigenvalue weighted by Crippen LogP contribution is -2.37. The van der Waals surface area contributed by atoms with Crippen molar-refractivity contribution in [2.24, 2.45) is 0 Å². The molecule has 116 valence electrons. The third kappa shape index (κ3) is 5.73. The van der Waals surface area contributed by atoms with Gasteiger partial charge >= 0.3 is 5.97 Å². The van der Waals surface area contributed by atoms with Crippen molar-refractivity contribution in [2.75, 3.05) is 25.0 Å². The fourth-order valence-electron chi connectivity index (χ4n) is 2.18. The summed E-state index contributed by atoms with van der Waals surface area (Å²) < 4.78 is 0. The highest BCUT2D eigenvalue weighted by molar-refractivity contribution is 6.34. The minimum atomic E-state index is -0.944. The normalized spacial score (nSPS) is 10.7. The summed E-state index contributed by atoms with van der Waals surface area (Å²) in [5, 5.41) is 12.1. The fraction of sp³-hybridized carbons (Fsp3) is 0.467. The van der Waals surface area contributed by atoms with Crippen molar-refractivity contribution < 1.29 is 14.7 Å². The predicted octanol–water partition coefficient (Wildman–Crippen LogP) is 2.69. The van der Waals surface area contributed by atoms with Crippen molar-refractivity contribution in [1.29, 1.82) is 0 Å². The van der Waals surface area contributed by atoms with E-state index in [9.17, 15) is 9.59 Å². The van der Waals surface area contributed by atoms with E-state index in [0.717, 1.165) is 17.5 Å². The largest absolute Gasteiger partial charge is 0.480 e. The van der Waals surface area contributed by atoms with Gasteiger partial charge in [-0.1, -0.05) is 24.6 Å². The van der Waals surface area contributed by atoms with E-state index in [0.29, 0.717) is 17.3 Å². The molecular formula is C15H21ClN2O3. The SMILES string of the molecule is CCCN(CC(=O)O)CC(=O)Nc1c(C)cc(C)cc1Cl. The number of aryl methyl sites for hydroxylation is 2. The van der Waals surface area contributed by atoms with Gasteiger partial charge in [0.1, 0.15) is 0 Å². The number of anilines is 1. The van der Waals surface area contributed by atoms with Gasteiger partial charge in [-0.15, -0.1) is 0 Å². The fourth-order valence-corrected chi connectivity index (χ4v) is 2.55. The Morgan fingerprint density at radius 1 is 1.29 bits per heavy atom. The quantitative estimate of drug-likeness (QED) is 0.812. The van der Waals surface area contributed by atoms with Gasteiger partial charge in [0.05, 0.1) is 23.8 Å². The smallest absolute Gasteiger partial charge is 0.317 e. The van der Waals surface area contributed by atoms with Crippen LogP contribution >= 0.6 is 11.6 Å². The minimum absolute atomic E-state index is 0.0315. The molecule has 0 unspecified atom stereocenters. The van der Waals surface area contributed by atoms with Crippen LogP contribution in [0.25, 0.3) is 0 Å². The van der Waals surface area contributed by atoms with Crippen molar-refractivity contribution >= 4 is 29.2 Å². The molecule has 0 aromatic heterocycles. The lowest BCUT2D eigenvalue weighted by molar-refractivity contribution is -0.138. The number of halogens is 1. The van der Waals surface area contributed by atoms with Crippen molar-refractivity contribution in [1.82, 2.24) is 4.90 Å². The second-order valence-electron chi connectivity index (χ2n) is 5.09. The van der Waals surface area contributed by atoms with Crippen LogP contribution in [-0.4, -0.2) is 41.5 Å². The highest BCUT2D eigenvalue weighted by Crippen LogP contribution is 2.27. The number of amides is 1. The van der Waals surface area contributed by atoms with Gasteiger partial charge in [0.25, 0.3) is 0 Å². The molecule has 0 bridgehead atoms. The van der Waals surface area contributed by atoms with Crippen LogP contribution in [0, 0.1) is 13.8 Å². The Labute approximate surface area is 129 Å². The molecule has 0 saturated heterocycles. The second kappa shape index (κ2) is 8.00. The molecule has 0 aliphatic carbocycles. The highest BCUT2D eigenvalue weighted by Gasteiger charge is 2.15. The van der Waals surface area contributed by atoms with Crippen LogP contribution in [0.5, 0.6) is 0 Å². The summed E-state index contributed by atoms with van der Waals surface area (Å²) >= 11 is 6.14. The van der Waals surface area contributed by atoms with E-state index in [2.05, 4.69) is 5.32 Å². The Balaban J connectivity index is 2.74. The number of carbonyl (C=O) groups excluding carboxylic acids is 1. The molecule has 1 amide bonds. The van der Waals surface area contributed by atoms with E-state index in [-0.39, 0.29) is 19.0 Å². The van der Waals surface area contributed by atoms with Gasteiger partial charge in [0, 0.05) is 0 Å². The Kier molecular flexibility index (Phi) is 6.65. The average Bonchev–Trinajstić information content (AvgIpc) is 2.33. The first-order chi connectivity index (χ1) is 9.83. The van der Waals surface area contributed by atoms with Gasteiger partial charge in [0.2, 0.25) is 5.91 Å². The van der Waals surface area contributed by atoms with Gasteiger partial charge < -0.3 is 10.4 Å². The summed E-state index contributed by atoms with van der Waals surface area (Å²) in [4.78, 5) is 24.4. The summed E-state index contributed by atoms with van der Waals surface area (Å²) in [5.74, 6) is -1.21. The number of nitrogens with one attached hydrogen (secondary N) is 1. The van der Waals surface area contributed by atoms with Gasteiger partial charge in [-0.2, -0.15) is 0 Å². The maximum Gasteiger partial charge on any atom is 0.317 e. The molecule has 2 N–H and O–H groups in total. The zero-order valence-electron chi connectivity index (χ0n) is 12.6. The number of benzene rings is 1. The molecule has 0 spiro atoms.